The summed E-state index contributed by atoms with van der Waals surface area (Å²) in [5.74, 6) is 0.0317. The second-order valence-electron chi connectivity index (χ2n) is 30.2. The molecule has 0 amide bonds. The van der Waals surface area contributed by atoms with E-state index in [0.717, 1.165) is 40.3 Å². The van der Waals surface area contributed by atoms with Crippen LogP contribution in [0.15, 0.2) is 291 Å². The third-order valence-electron chi connectivity index (χ3n) is 20.9. The van der Waals surface area contributed by atoms with E-state index in [0.29, 0.717) is 0 Å². The van der Waals surface area contributed by atoms with Gasteiger partial charge in [0.2, 0.25) is 0 Å². The van der Waals surface area contributed by atoms with Gasteiger partial charge in [0.05, 0.1) is 11.0 Å². The highest BCUT2D eigenvalue weighted by Crippen LogP contribution is 2.51. The minimum Gasteiger partial charge on any atom is -0.311 e. The number of nitrogens with zero attached hydrogens (tertiary/aromatic N) is 3. The van der Waals surface area contributed by atoms with Gasteiger partial charge in [-0.15, -0.1) is 0 Å². The molecule has 14 aromatic rings. The maximum Gasteiger partial charge on any atom is 0.252 e. The van der Waals surface area contributed by atoms with Crippen LogP contribution >= 0.6 is 0 Å². The van der Waals surface area contributed by atoms with Crippen LogP contribution in [0.4, 0.5) is 34.1 Å². The molecule has 0 saturated carbocycles. The molecular formula is C92H78BN3. The molecule has 0 N–H and O–H groups in total. The molecule has 2 aliphatic heterocycles. The fourth-order valence-electron chi connectivity index (χ4n) is 15.9. The molecule has 17 rings (SSSR count). The van der Waals surface area contributed by atoms with E-state index in [1.54, 1.807) is 0 Å². The molecule has 1 aromatic heterocycles. The molecule has 464 valence electrons. The highest BCUT2D eigenvalue weighted by atomic mass is 15.2. The largest absolute Gasteiger partial charge is 0.311 e. The van der Waals surface area contributed by atoms with Gasteiger partial charge in [0.25, 0.3) is 6.71 Å². The van der Waals surface area contributed by atoms with Crippen molar-refractivity contribution in [2.45, 2.75) is 90.9 Å². The van der Waals surface area contributed by atoms with Crippen molar-refractivity contribution in [2.24, 2.45) is 0 Å². The van der Waals surface area contributed by atoms with Crippen LogP contribution in [-0.2, 0) is 22.7 Å². The summed E-state index contributed by atoms with van der Waals surface area (Å²) >= 11 is 0. The average molecular weight is 1240 g/mol. The molecule has 3 heterocycles. The number of hydrogen-bond donors (Lipinski definition) is 0. The quantitative estimate of drug-likeness (QED) is 0.141. The molecule has 0 saturated heterocycles. The van der Waals surface area contributed by atoms with Gasteiger partial charge < -0.3 is 14.4 Å². The standard InChI is InChI=1S/C92H78BN3/c1-90(2,3)70-39-44-82-78(54-70)79-55-71(91(4,5)6)40-45-83(79)94(82)73-41-43-81-85(58-73)96(75-51-68(61-30-18-12-19-31-61)48-69(52-75)62-32-20-13-21-33-62)87-57-72(92(7,8)9)56-86-89(87)93(81)80-42-38-65(88-76-36-24-22-34-63(76)46-64-35-23-25-37-77(64)88)53-84(80)95(86)74-49-66(59-26-14-10-15-27-59)47-67(50-74)60-28-16-11-17-29-60/h10-45,47-58,88H,46H2,1-9H3. The number of fused-ring (bicyclic) bond motifs is 9. The maximum atomic E-state index is 2.67. The Morgan fingerprint density at radius 2 is 0.688 bits per heavy atom. The van der Waals surface area contributed by atoms with Crippen molar-refractivity contribution >= 4 is 79.0 Å². The Kier molecular flexibility index (Phi) is 13.8. The smallest absolute Gasteiger partial charge is 0.252 e. The van der Waals surface area contributed by atoms with E-state index in [9.17, 15) is 0 Å². The molecule has 0 fully saturated rings. The van der Waals surface area contributed by atoms with Crippen LogP contribution < -0.4 is 26.2 Å². The zero-order valence-electron chi connectivity index (χ0n) is 56.4. The summed E-state index contributed by atoms with van der Waals surface area (Å²) in [6.07, 6.45) is 0.920. The van der Waals surface area contributed by atoms with E-state index in [-0.39, 0.29) is 28.9 Å². The van der Waals surface area contributed by atoms with Gasteiger partial charge in [0.15, 0.2) is 0 Å². The molecule has 0 bridgehead atoms. The first-order valence-electron chi connectivity index (χ1n) is 34.3. The number of benzene rings is 13. The van der Waals surface area contributed by atoms with E-state index in [4.69, 9.17) is 0 Å². The summed E-state index contributed by atoms with van der Waals surface area (Å²) in [7, 11) is 0. The molecule has 13 aromatic carbocycles. The van der Waals surface area contributed by atoms with E-state index < -0.39 is 0 Å². The first-order valence-corrected chi connectivity index (χ1v) is 34.3. The highest BCUT2D eigenvalue weighted by molar-refractivity contribution is 7.00. The number of hydrogen-bond acceptors (Lipinski definition) is 2. The zero-order valence-corrected chi connectivity index (χ0v) is 56.4. The van der Waals surface area contributed by atoms with E-state index in [1.165, 1.54) is 133 Å². The summed E-state index contributed by atoms with van der Waals surface area (Å²) in [4.78, 5) is 5.33. The van der Waals surface area contributed by atoms with Crippen LogP contribution in [-0.4, -0.2) is 11.3 Å². The molecule has 0 radical (unpaired) electrons. The van der Waals surface area contributed by atoms with E-state index in [1.807, 2.05) is 0 Å². The molecule has 3 nitrogen and oxygen atoms in total. The molecule has 3 aliphatic rings. The van der Waals surface area contributed by atoms with Crippen molar-refractivity contribution in [2.75, 3.05) is 9.80 Å². The Bertz CT molecular complexity index is 5160. The number of rotatable bonds is 8. The fourth-order valence-corrected chi connectivity index (χ4v) is 15.9. The minimum absolute atomic E-state index is 0.0317. The Balaban J connectivity index is 0.997. The average Bonchev–Trinajstić information content (AvgIpc) is 0.723. The highest BCUT2D eigenvalue weighted by Gasteiger charge is 2.45. The second kappa shape index (κ2) is 22.5. The van der Waals surface area contributed by atoms with Gasteiger partial charge in [-0.2, -0.15) is 0 Å². The summed E-state index contributed by atoms with van der Waals surface area (Å²) in [5.41, 5.74) is 34.1. The first-order chi connectivity index (χ1) is 46.5. The van der Waals surface area contributed by atoms with Gasteiger partial charge in [-0.1, -0.05) is 263 Å². The van der Waals surface area contributed by atoms with Gasteiger partial charge >= 0.3 is 0 Å². The normalized spacial score (nSPS) is 13.5. The predicted octanol–water partition coefficient (Wildman–Crippen LogP) is 22.5. The topological polar surface area (TPSA) is 11.4 Å². The van der Waals surface area contributed by atoms with Gasteiger partial charge in [0.1, 0.15) is 0 Å². The molecule has 0 atom stereocenters. The van der Waals surface area contributed by atoms with E-state index in [2.05, 4.69) is 368 Å². The van der Waals surface area contributed by atoms with Gasteiger partial charge in [-0.05, 0) is 219 Å². The maximum absolute atomic E-state index is 2.67. The summed E-state index contributed by atoms with van der Waals surface area (Å²) < 4.78 is 2.55. The predicted molar refractivity (Wildman–Crippen MR) is 409 cm³/mol. The second-order valence-corrected chi connectivity index (χ2v) is 30.2. The van der Waals surface area contributed by atoms with Crippen LogP contribution in [0.2, 0.25) is 0 Å². The number of anilines is 6. The Labute approximate surface area is 566 Å². The van der Waals surface area contributed by atoms with Crippen molar-refractivity contribution in [3.8, 4) is 50.2 Å². The SMILES string of the molecule is CC(C)(C)c1cc2c3c(c1)N(c1cc(-c4ccccc4)cc(-c4ccccc4)c1)c1cc(-n4c5ccc(C(C)(C)C)cc5c5cc(C(C)(C)C)ccc54)ccc1B3c1ccc(C3c4ccccc4Cc4ccccc43)cc1N2c1cc(-c2ccccc2)cc(-c2ccccc2)c1. The summed E-state index contributed by atoms with van der Waals surface area (Å²) in [6.45, 7) is 21.0. The van der Waals surface area contributed by atoms with Gasteiger partial charge in [-0.3, -0.25) is 0 Å². The lowest BCUT2D eigenvalue weighted by molar-refractivity contribution is 0.590. The van der Waals surface area contributed by atoms with Crippen LogP contribution in [0.5, 0.6) is 0 Å². The van der Waals surface area contributed by atoms with Crippen LogP contribution in [0.3, 0.4) is 0 Å². The molecule has 4 heteroatoms. The lowest BCUT2D eigenvalue weighted by Gasteiger charge is -2.45. The monoisotopic (exact) mass is 1240 g/mol. The van der Waals surface area contributed by atoms with Crippen LogP contribution in [0.25, 0.3) is 72.0 Å². The van der Waals surface area contributed by atoms with Gasteiger partial charge in [0, 0.05) is 56.5 Å². The van der Waals surface area contributed by atoms with E-state index >= 15 is 0 Å². The molecule has 0 unspecified atom stereocenters. The number of aromatic nitrogens is 1. The van der Waals surface area contributed by atoms with Gasteiger partial charge in [-0.25, -0.2) is 0 Å². The molecule has 96 heavy (non-hydrogen) atoms. The van der Waals surface area contributed by atoms with Crippen LogP contribution in [0.1, 0.15) is 113 Å². The first kappa shape index (κ1) is 59.1. The Hall–Kier alpha value is -10.7. The summed E-state index contributed by atoms with van der Waals surface area (Å²) in [5, 5.41) is 2.55. The zero-order chi connectivity index (χ0) is 65.4. The lowest BCUT2D eigenvalue weighted by Crippen LogP contribution is -2.61. The van der Waals surface area contributed by atoms with Crippen molar-refractivity contribution in [3.63, 3.8) is 0 Å². The lowest BCUT2D eigenvalue weighted by atomic mass is 9.33. The molecule has 0 spiro atoms. The van der Waals surface area contributed by atoms with Crippen molar-refractivity contribution < 1.29 is 0 Å². The summed E-state index contributed by atoms with van der Waals surface area (Å²) in [6, 6.07) is 111. The third kappa shape index (κ3) is 10.0. The fraction of sp³-hybridized carbons (Fsp3) is 0.152. The third-order valence-corrected chi connectivity index (χ3v) is 20.9. The minimum atomic E-state index is -0.263. The molecule has 1 aliphatic carbocycles. The van der Waals surface area contributed by atoms with Crippen molar-refractivity contribution in [3.05, 3.63) is 336 Å². The Morgan fingerprint density at radius 1 is 0.302 bits per heavy atom. The Morgan fingerprint density at radius 3 is 1.10 bits per heavy atom. The molecular weight excluding hydrogens is 1160 g/mol. The van der Waals surface area contributed by atoms with Crippen molar-refractivity contribution in [1.82, 2.24) is 4.57 Å². The van der Waals surface area contributed by atoms with Crippen LogP contribution in [0, 0.1) is 0 Å². The van der Waals surface area contributed by atoms with Crippen molar-refractivity contribution in [1.29, 1.82) is 0 Å².